The highest BCUT2D eigenvalue weighted by molar-refractivity contribution is 5.93. The molecule has 3 heteroatoms. The maximum absolute atomic E-state index is 12.2. The lowest BCUT2D eigenvalue weighted by Crippen LogP contribution is -2.24. The molecule has 1 saturated carbocycles. The van der Waals surface area contributed by atoms with Crippen LogP contribution >= 0.6 is 0 Å². The third-order valence-corrected chi connectivity index (χ3v) is 3.80. The number of hydrogen-bond acceptors (Lipinski definition) is 2. The van der Waals surface area contributed by atoms with E-state index in [-0.39, 0.29) is 18.4 Å². The van der Waals surface area contributed by atoms with E-state index in [0.717, 1.165) is 30.5 Å². The van der Waals surface area contributed by atoms with E-state index in [1.54, 1.807) is 0 Å². The first-order valence-electron chi connectivity index (χ1n) is 7.21. The molecule has 1 aliphatic rings. The topological polar surface area (TPSA) is 49.3 Å². The molecule has 0 heterocycles. The molecule has 3 nitrogen and oxygen atoms in total. The summed E-state index contributed by atoms with van der Waals surface area (Å²) in [6, 6.07) is 7.55. The fourth-order valence-electron chi connectivity index (χ4n) is 2.67. The molecule has 0 bridgehead atoms. The standard InChI is InChI=1S/C17H21NO2/c1-13-6-4-10-16(13)17(20)18-15-9-5-8-14(12-15)7-2-3-11-19/h5,8-9,12-13,16,19H,3-4,6,10-11H2,1H3,(H,18,20). The van der Waals surface area contributed by atoms with Crippen LogP contribution in [-0.2, 0) is 4.79 Å². The minimum atomic E-state index is 0.0724. The largest absolute Gasteiger partial charge is 0.395 e. The number of benzene rings is 1. The second-order valence-corrected chi connectivity index (χ2v) is 5.36. The average Bonchev–Trinajstić information content (AvgIpc) is 2.86. The number of aliphatic hydroxyl groups excluding tert-OH is 1. The molecule has 2 atom stereocenters. The van der Waals surface area contributed by atoms with Crippen LogP contribution in [0.3, 0.4) is 0 Å². The van der Waals surface area contributed by atoms with E-state index >= 15 is 0 Å². The van der Waals surface area contributed by atoms with Crippen LogP contribution in [0.1, 0.15) is 38.2 Å². The van der Waals surface area contributed by atoms with Gasteiger partial charge in [0.15, 0.2) is 0 Å². The van der Waals surface area contributed by atoms with Crippen LogP contribution in [0.2, 0.25) is 0 Å². The van der Waals surface area contributed by atoms with E-state index in [9.17, 15) is 4.79 Å². The summed E-state index contributed by atoms with van der Waals surface area (Å²) in [5.41, 5.74) is 1.65. The molecule has 0 aromatic heterocycles. The summed E-state index contributed by atoms with van der Waals surface area (Å²) in [6.45, 7) is 2.22. The van der Waals surface area contributed by atoms with Crippen molar-refractivity contribution in [3.05, 3.63) is 29.8 Å². The Morgan fingerprint density at radius 1 is 1.45 bits per heavy atom. The van der Waals surface area contributed by atoms with E-state index in [4.69, 9.17) is 5.11 Å². The highest BCUT2D eigenvalue weighted by atomic mass is 16.2. The van der Waals surface area contributed by atoms with Crippen LogP contribution in [-0.4, -0.2) is 17.6 Å². The number of anilines is 1. The van der Waals surface area contributed by atoms with E-state index in [1.165, 1.54) is 0 Å². The molecule has 0 spiro atoms. The number of amides is 1. The molecule has 1 aromatic carbocycles. The Hall–Kier alpha value is -1.79. The van der Waals surface area contributed by atoms with Crippen LogP contribution in [0, 0.1) is 23.7 Å². The molecule has 0 aliphatic heterocycles. The maximum atomic E-state index is 12.2. The molecule has 106 valence electrons. The Kier molecular flexibility index (Phi) is 5.20. The Bertz CT molecular complexity index is 527. The maximum Gasteiger partial charge on any atom is 0.227 e. The van der Waals surface area contributed by atoms with Crippen molar-refractivity contribution in [2.24, 2.45) is 11.8 Å². The third-order valence-electron chi connectivity index (χ3n) is 3.80. The van der Waals surface area contributed by atoms with Crippen molar-refractivity contribution in [3.8, 4) is 11.8 Å². The van der Waals surface area contributed by atoms with Gasteiger partial charge in [-0.1, -0.05) is 31.3 Å². The molecule has 2 N–H and O–H groups in total. The quantitative estimate of drug-likeness (QED) is 0.831. The molecule has 0 saturated heterocycles. The van der Waals surface area contributed by atoms with Gasteiger partial charge in [-0.2, -0.15) is 0 Å². The second-order valence-electron chi connectivity index (χ2n) is 5.36. The van der Waals surface area contributed by atoms with E-state index in [1.807, 2.05) is 24.3 Å². The van der Waals surface area contributed by atoms with Gasteiger partial charge in [-0.3, -0.25) is 4.79 Å². The zero-order chi connectivity index (χ0) is 14.4. The first kappa shape index (κ1) is 14.6. The molecule has 0 radical (unpaired) electrons. The molecule has 2 unspecified atom stereocenters. The average molecular weight is 271 g/mol. The fourth-order valence-corrected chi connectivity index (χ4v) is 2.67. The van der Waals surface area contributed by atoms with Crippen molar-refractivity contribution in [1.29, 1.82) is 0 Å². The Balaban J connectivity index is 2.01. The van der Waals surface area contributed by atoms with Gasteiger partial charge in [-0.15, -0.1) is 0 Å². The van der Waals surface area contributed by atoms with Crippen molar-refractivity contribution < 1.29 is 9.90 Å². The number of aliphatic hydroxyl groups is 1. The summed E-state index contributed by atoms with van der Waals surface area (Å²) >= 11 is 0. The van der Waals surface area contributed by atoms with E-state index < -0.39 is 0 Å². The lowest BCUT2D eigenvalue weighted by atomic mass is 9.97. The predicted molar refractivity (Wildman–Crippen MR) is 80.2 cm³/mol. The van der Waals surface area contributed by atoms with Gasteiger partial charge in [0.25, 0.3) is 0 Å². The summed E-state index contributed by atoms with van der Waals surface area (Å²) in [7, 11) is 0. The monoisotopic (exact) mass is 271 g/mol. The molecule has 1 amide bonds. The fraction of sp³-hybridized carbons (Fsp3) is 0.471. The van der Waals surface area contributed by atoms with Crippen molar-refractivity contribution >= 4 is 11.6 Å². The smallest absolute Gasteiger partial charge is 0.227 e. The number of hydrogen-bond donors (Lipinski definition) is 2. The van der Waals surface area contributed by atoms with Crippen molar-refractivity contribution in [1.82, 2.24) is 0 Å². The molecular formula is C17H21NO2. The van der Waals surface area contributed by atoms with Crippen LogP contribution in [0.4, 0.5) is 5.69 Å². The van der Waals surface area contributed by atoms with E-state index in [0.29, 0.717) is 12.3 Å². The number of carbonyl (C=O) groups excluding carboxylic acids is 1. The minimum Gasteiger partial charge on any atom is -0.395 e. The Morgan fingerprint density at radius 2 is 2.30 bits per heavy atom. The van der Waals surface area contributed by atoms with Crippen LogP contribution in [0.5, 0.6) is 0 Å². The van der Waals surface area contributed by atoms with Gasteiger partial charge in [0.2, 0.25) is 5.91 Å². The molecule has 1 fully saturated rings. The summed E-state index contributed by atoms with van der Waals surface area (Å²) in [6.07, 6.45) is 3.75. The van der Waals surface area contributed by atoms with Crippen LogP contribution < -0.4 is 5.32 Å². The van der Waals surface area contributed by atoms with Gasteiger partial charge >= 0.3 is 0 Å². The summed E-state index contributed by atoms with van der Waals surface area (Å²) in [5.74, 6) is 6.59. The molecular weight excluding hydrogens is 250 g/mol. The lowest BCUT2D eigenvalue weighted by molar-refractivity contribution is -0.120. The number of rotatable bonds is 3. The molecule has 2 rings (SSSR count). The van der Waals surface area contributed by atoms with Gasteiger partial charge in [-0.25, -0.2) is 0 Å². The van der Waals surface area contributed by atoms with Gasteiger partial charge < -0.3 is 10.4 Å². The highest BCUT2D eigenvalue weighted by Crippen LogP contribution is 2.32. The third kappa shape index (κ3) is 3.85. The second kappa shape index (κ2) is 7.12. The Morgan fingerprint density at radius 3 is 3.00 bits per heavy atom. The first-order valence-corrected chi connectivity index (χ1v) is 7.21. The van der Waals surface area contributed by atoms with Gasteiger partial charge in [0.1, 0.15) is 0 Å². The number of nitrogens with one attached hydrogen (secondary N) is 1. The SMILES string of the molecule is CC1CCCC1C(=O)Nc1cccc(C#CCCO)c1. The highest BCUT2D eigenvalue weighted by Gasteiger charge is 2.29. The normalized spacial score (nSPS) is 21.1. The van der Waals surface area contributed by atoms with Crippen molar-refractivity contribution in [2.75, 3.05) is 11.9 Å². The predicted octanol–water partition coefficient (Wildman–Crippen LogP) is 2.80. The zero-order valence-corrected chi connectivity index (χ0v) is 11.9. The lowest BCUT2D eigenvalue weighted by Gasteiger charge is -2.15. The van der Waals surface area contributed by atoms with Crippen LogP contribution in [0.15, 0.2) is 24.3 Å². The summed E-state index contributed by atoms with van der Waals surface area (Å²) < 4.78 is 0. The van der Waals surface area contributed by atoms with Crippen molar-refractivity contribution in [3.63, 3.8) is 0 Å². The minimum absolute atomic E-state index is 0.0724. The molecule has 1 aliphatic carbocycles. The molecule has 20 heavy (non-hydrogen) atoms. The summed E-state index contributed by atoms with van der Waals surface area (Å²) in [5, 5.41) is 11.7. The van der Waals surface area contributed by atoms with Crippen LogP contribution in [0.25, 0.3) is 0 Å². The van der Waals surface area contributed by atoms with Gasteiger partial charge in [-0.05, 0) is 37.0 Å². The first-order chi connectivity index (χ1) is 9.70. The van der Waals surface area contributed by atoms with Crippen molar-refractivity contribution in [2.45, 2.75) is 32.6 Å². The Labute approximate surface area is 120 Å². The zero-order valence-electron chi connectivity index (χ0n) is 11.9. The van der Waals surface area contributed by atoms with Gasteiger partial charge in [0, 0.05) is 23.6 Å². The molecule has 1 aromatic rings. The van der Waals surface area contributed by atoms with E-state index in [2.05, 4.69) is 24.1 Å². The van der Waals surface area contributed by atoms with Gasteiger partial charge in [0.05, 0.1) is 6.61 Å². The summed E-state index contributed by atoms with van der Waals surface area (Å²) in [4.78, 5) is 12.2. The number of carbonyl (C=O) groups is 1.